The first-order valence-corrected chi connectivity index (χ1v) is 11.6. The number of nitrogens with zero attached hydrogens (tertiary/aromatic N) is 1. The van der Waals surface area contributed by atoms with Crippen LogP contribution in [0.4, 0.5) is 22.1 Å². The molecule has 0 fully saturated rings. The first-order valence-electron chi connectivity index (χ1n) is 8.87. The van der Waals surface area contributed by atoms with Crippen LogP contribution in [0, 0.1) is 0 Å². The SMILES string of the molecule is CCOC(=O)c1sc2c(c1N)S(=O)(=O)c1ccc(Cl)cc1N2c1cccc(OC)c1. The molecule has 3 aromatic rings. The highest BCUT2D eigenvalue weighted by molar-refractivity contribution is 7.92. The van der Waals surface area contributed by atoms with Crippen LogP contribution in [-0.2, 0) is 14.6 Å². The Morgan fingerprint density at radius 2 is 2.00 bits per heavy atom. The van der Waals surface area contributed by atoms with E-state index in [-0.39, 0.29) is 27.0 Å². The van der Waals surface area contributed by atoms with Gasteiger partial charge in [-0.2, -0.15) is 0 Å². The third-order valence-corrected chi connectivity index (χ3v) is 7.99. The summed E-state index contributed by atoms with van der Waals surface area (Å²) in [5, 5.41) is 0.661. The van der Waals surface area contributed by atoms with Crippen LogP contribution in [0.5, 0.6) is 5.75 Å². The van der Waals surface area contributed by atoms with Gasteiger partial charge in [0.2, 0.25) is 9.84 Å². The van der Waals surface area contributed by atoms with Gasteiger partial charge in [-0.1, -0.05) is 17.7 Å². The number of rotatable bonds is 4. The lowest BCUT2D eigenvalue weighted by molar-refractivity contribution is 0.0533. The Bertz CT molecular complexity index is 1270. The van der Waals surface area contributed by atoms with Gasteiger partial charge in [0.25, 0.3) is 0 Å². The van der Waals surface area contributed by atoms with E-state index in [4.69, 9.17) is 26.8 Å². The summed E-state index contributed by atoms with van der Waals surface area (Å²) < 4.78 is 37.2. The van der Waals surface area contributed by atoms with E-state index in [1.807, 2.05) is 0 Å². The molecular formula is C20H17ClN2O5S2. The summed E-state index contributed by atoms with van der Waals surface area (Å²) in [6.45, 7) is 1.81. The standard InChI is InChI=1S/C20H17ClN2O5S2/c1-3-28-20(24)17-16(22)18-19(29-17)23(12-5-4-6-13(10-12)27-2)14-9-11(21)7-8-15(14)30(18,25)26/h4-10H,3,22H2,1-2H3. The molecule has 156 valence electrons. The van der Waals surface area contributed by atoms with Crippen LogP contribution in [0.3, 0.4) is 0 Å². The first-order chi connectivity index (χ1) is 14.3. The molecule has 0 spiro atoms. The highest BCUT2D eigenvalue weighted by Gasteiger charge is 2.41. The number of nitrogen functional groups attached to an aromatic ring is 1. The maximum absolute atomic E-state index is 13.4. The number of carbonyl (C=O) groups excluding carboxylic acids is 1. The maximum atomic E-state index is 13.4. The summed E-state index contributed by atoms with van der Waals surface area (Å²) >= 11 is 7.16. The normalized spacial score (nSPS) is 14.0. The summed E-state index contributed by atoms with van der Waals surface area (Å²) in [4.78, 5) is 14.1. The predicted molar refractivity (Wildman–Crippen MR) is 116 cm³/mol. The van der Waals surface area contributed by atoms with E-state index < -0.39 is 15.8 Å². The molecule has 1 aliphatic heterocycles. The highest BCUT2D eigenvalue weighted by atomic mass is 35.5. The molecule has 2 aromatic carbocycles. The van der Waals surface area contributed by atoms with Gasteiger partial charge in [0.1, 0.15) is 20.5 Å². The molecule has 0 saturated carbocycles. The van der Waals surface area contributed by atoms with Crippen molar-refractivity contribution < 1.29 is 22.7 Å². The molecule has 0 radical (unpaired) electrons. The smallest absolute Gasteiger partial charge is 0.350 e. The summed E-state index contributed by atoms with van der Waals surface area (Å²) in [5.74, 6) is -0.0847. The number of hydrogen-bond acceptors (Lipinski definition) is 8. The van der Waals surface area contributed by atoms with Crippen molar-refractivity contribution in [2.24, 2.45) is 0 Å². The highest BCUT2D eigenvalue weighted by Crippen LogP contribution is 2.55. The minimum atomic E-state index is -3.99. The monoisotopic (exact) mass is 464 g/mol. The number of methoxy groups -OCH3 is 1. The number of hydrogen-bond donors (Lipinski definition) is 1. The third-order valence-electron chi connectivity index (χ3n) is 4.58. The van der Waals surface area contributed by atoms with Crippen molar-refractivity contribution in [1.29, 1.82) is 0 Å². The van der Waals surface area contributed by atoms with Gasteiger partial charge < -0.3 is 15.2 Å². The Kier molecular flexibility index (Phi) is 5.13. The van der Waals surface area contributed by atoms with Crippen molar-refractivity contribution in [3.63, 3.8) is 0 Å². The number of nitrogens with two attached hydrogens (primary N) is 1. The van der Waals surface area contributed by atoms with Crippen LogP contribution in [0.2, 0.25) is 5.02 Å². The van der Waals surface area contributed by atoms with Crippen LogP contribution in [0.15, 0.2) is 52.3 Å². The molecule has 0 bridgehead atoms. The third kappa shape index (κ3) is 3.10. The molecule has 1 aliphatic rings. The molecule has 2 heterocycles. The number of halogens is 1. The number of fused-ring (bicyclic) bond motifs is 2. The van der Waals surface area contributed by atoms with Gasteiger partial charge in [-0.15, -0.1) is 11.3 Å². The topological polar surface area (TPSA) is 98.9 Å². The van der Waals surface area contributed by atoms with Crippen LogP contribution in [-0.4, -0.2) is 28.1 Å². The maximum Gasteiger partial charge on any atom is 0.350 e. The van der Waals surface area contributed by atoms with E-state index in [1.165, 1.54) is 19.2 Å². The van der Waals surface area contributed by atoms with Gasteiger partial charge in [0.05, 0.1) is 35.7 Å². The average molecular weight is 465 g/mol. The zero-order valence-electron chi connectivity index (χ0n) is 16.0. The molecule has 0 saturated heterocycles. The van der Waals surface area contributed by atoms with Crippen molar-refractivity contribution in [3.8, 4) is 5.75 Å². The number of benzene rings is 2. The van der Waals surface area contributed by atoms with E-state index in [9.17, 15) is 13.2 Å². The van der Waals surface area contributed by atoms with Gasteiger partial charge in [-0.05, 0) is 37.3 Å². The van der Waals surface area contributed by atoms with Crippen LogP contribution in [0.25, 0.3) is 0 Å². The number of carbonyl (C=O) groups is 1. The van der Waals surface area contributed by atoms with Gasteiger partial charge in [-0.25, -0.2) is 13.2 Å². The lowest BCUT2D eigenvalue weighted by Crippen LogP contribution is -2.21. The fourth-order valence-electron chi connectivity index (χ4n) is 3.29. The minimum Gasteiger partial charge on any atom is -0.497 e. The van der Waals surface area contributed by atoms with E-state index in [1.54, 1.807) is 42.2 Å². The Hall–Kier alpha value is -2.75. The van der Waals surface area contributed by atoms with Gasteiger partial charge >= 0.3 is 5.97 Å². The van der Waals surface area contributed by atoms with E-state index >= 15 is 0 Å². The Labute approximate surface area is 182 Å². The summed E-state index contributed by atoms with van der Waals surface area (Å²) in [7, 11) is -2.45. The van der Waals surface area contributed by atoms with Crippen molar-refractivity contribution in [2.75, 3.05) is 24.4 Å². The molecule has 0 atom stereocenters. The second-order valence-corrected chi connectivity index (χ2v) is 9.64. The molecule has 1 aromatic heterocycles. The van der Waals surface area contributed by atoms with Crippen molar-refractivity contribution >= 4 is 60.8 Å². The zero-order valence-corrected chi connectivity index (χ0v) is 18.4. The largest absolute Gasteiger partial charge is 0.497 e. The van der Waals surface area contributed by atoms with Gasteiger partial charge in [0.15, 0.2) is 0 Å². The molecule has 4 rings (SSSR count). The van der Waals surface area contributed by atoms with Crippen LogP contribution in [0.1, 0.15) is 16.6 Å². The predicted octanol–water partition coefficient (Wildman–Crippen LogP) is 4.79. The Morgan fingerprint density at radius 1 is 1.23 bits per heavy atom. The summed E-state index contributed by atoms with van der Waals surface area (Å²) in [6.07, 6.45) is 0. The van der Waals surface area contributed by atoms with Crippen molar-refractivity contribution in [3.05, 3.63) is 52.4 Å². The first kappa shape index (κ1) is 20.5. The fraction of sp³-hybridized carbons (Fsp3) is 0.150. The molecule has 7 nitrogen and oxygen atoms in total. The Balaban J connectivity index is 2.06. The zero-order chi connectivity index (χ0) is 21.6. The summed E-state index contributed by atoms with van der Waals surface area (Å²) in [5.41, 5.74) is 7.04. The summed E-state index contributed by atoms with van der Waals surface area (Å²) in [6, 6.07) is 11.6. The van der Waals surface area contributed by atoms with Gasteiger partial charge in [-0.3, -0.25) is 4.90 Å². The number of anilines is 4. The number of esters is 1. The van der Waals surface area contributed by atoms with E-state index in [2.05, 4.69) is 0 Å². The lowest BCUT2D eigenvalue weighted by atomic mass is 10.2. The molecular weight excluding hydrogens is 448 g/mol. The molecule has 30 heavy (non-hydrogen) atoms. The molecule has 10 heteroatoms. The fourth-order valence-corrected chi connectivity index (χ4v) is 6.63. The van der Waals surface area contributed by atoms with Crippen molar-refractivity contribution in [1.82, 2.24) is 0 Å². The minimum absolute atomic E-state index is 0.0391. The number of thiophene rings is 1. The lowest BCUT2D eigenvalue weighted by Gasteiger charge is -2.31. The quantitative estimate of drug-likeness (QED) is 0.433. The molecule has 0 aliphatic carbocycles. The average Bonchev–Trinajstić information content (AvgIpc) is 3.06. The Morgan fingerprint density at radius 3 is 2.70 bits per heavy atom. The van der Waals surface area contributed by atoms with E-state index in [0.717, 1.165) is 11.3 Å². The second-order valence-electron chi connectivity index (χ2n) is 6.35. The molecule has 0 unspecified atom stereocenters. The number of ether oxygens (including phenoxy) is 2. The van der Waals surface area contributed by atoms with Crippen LogP contribution < -0.4 is 15.4 Å². The van der Waals surface area contributed by atoms with Crippen molar-refractivity contribution in [2.45, 2.75) is 16.7 Å². The number of sulfone groups is 1. The molecule has 2 N–H and O–H groups in total. The van der Waals surface area contributed by atoms with Gasteiger partial charge in [0, 0.05) is 11.1 Å². The molecule has 0 amide bonds. The van der Waals surface area contributed by atoms with Crippen LogP contribution >= 0.6 is 22.9 Å². The van der Waals surface area contributed by atoms with E-state index in [0.29, 0.717) is 27.1 Å². The second kappa shape index (κ2) is 7.50.